The molecule has 0 bridgehead atoms. The molecule has 0 aliphatic rings. The van der Waals surface area contributed by atoms with Crippen molar-refractivity contribution in [2.45, 2.75) is 34.2 Å². The van der Waals surface area contributed by atoms with Gasteiger partial charge < -0.3 is 5.32 Å². The van der Waals surface area contributed by atoms with E-state index in [9.17, 15) is 0 Å². The average Bonchev–Trinajstić information content (AvgIpc) is 2.28. The molecular formula is C16H29N3. The fourth-order valence-electron chi connectivity index (χ4n) is 2.31. The number of rotatable bonds is 8. The summed E-state index contributed by atoms with van der Waals surface area (Å²) in [6.45, 7) is 13.2. The first kappa shape index (κ1) is 16.1. The molecule has 0 fully saturated rings. The molecule has 0 saturated carbocycles. The van der Waals surface area contributed by atoms with Gasteiger partial charge >= 0.3 is 0 Å². The van der Waals surface area contributed by atoms with Gasteiger partial charge in [0.05, 0.1) is 5.69 Å². The van der Waals surface area contributed by atoms with Gasteiger partial charge in [-0.15, -0.1) is 0 Å². The Morgan fingerprint density at radius 1 is 1.32 bits per heavy atom. The monoisotopic (exact) mass is 263 g/mol. The lowest BCUT2D eigenvalue weighted by atomic mass is 9.92. The van der Waals surface area contributed by atoms with E-state index >= 15 is 0 Å². The van der Waals surface area contributed by atoms with Gasteiger partial charge in [-0.1, -0.05) is 33.8 Å². The lowest BCUT2D eigenvalue weighted by Crippen LogP contribution is -2.39. The summed E-state index contributed by atoms with van der Waals surface area (Å²) < 4.78 is 0. The first-order valence-corrected chi connectivity index (χ1v) is 7.18. The maximum atomic E-state index is 4.38. The third-order valence-electron chi connectivity index (χ3n) is 3.01. The van der Waals surface area contributed by atoms with E-state index in [1.54, 1.807) is 0 Å². The smallest absolute Gasteiger partial charge is 0.0543 e. The van der Waals surface area contributed by atoms with Crippen molar-refractivity contribution in [3.63, 3.8) is 0 Å². The minimum Gasteiger partial charge on any atom is -0.316 e. The van der Waals surface area contributed by atoms with Gasteiger partial charge in [0.25, 0.3) is 0 Å². The van der Waals surface area contributed by atoms with Crippen molar-refractivity contribution in [2.24, 2.45) is 11.3 Å². The van der Waals surface area contributed by atoms with Crippen LogP contribution in [0.3, 0.4) is 0 Å². The quantitative estimate of drug-likeness (QED) is 0.781. The van der Waals surface area contributed by atoms with Crippen LogP contribution in [-0.4, -0.2) is 36.6 Å². The molecule has 108 valence electrons. The highest BCUT2D eigenvalue weighted by Gasteiger charge is 2.20. The molecule has 0 atom stereocenters. The predicted octanol–water partition coefficient (Wildman–Crippen LogP) is 2.79. The number of pyridine rings is 1. The van der Waals surface area contributed by atoms with Gasteiger partial charge in [0.1, 0.15) is 0 Å². The maximum Gasteiger partial charge on any atom is 0.0543 e. The molecular weight excluding hydrogens is 234 g/mol. The van der Waals surface area contributed by atoms with E-state index in [0.717, 1.165) is 31.9 Å². The average molecular weight is 263 g/mol. The Balaban J connectivity index is 2.35. The standard InChI is InChI=1S/C16H29N3/c1-14(2)10-17-12-16(3,4)13-19(5)11-15-8-6-7-9-18-15/h6-9,14,17H,10-13H2,1-5H3. The Kier molecular flexibility index (Phi) is 6.46. The molecule has 3 heteroatoms. The summed E-state index contributed by atoms with van der Waals surface area (Å²) in [7, 11) is 2.17. The lowest BCUT2D eigenvalue weighted by Gasteiger charge is -2.30. The lowest BCUT2D eigenvalue weighted by molar-refractivity contribution is 0.195. The molecule has 0 saturated heterocycles. The molecule has 19 heavy (non-hydrogen) atoms. The Labute approximate surface area is 118 Å². The number of aromatic nitrogens is 1. The Morgan fingerprint density at radius 3 is 2.63 bits per heavy atom. The summed E-state index contributed by atoms with van der Waals surface area (Å²) in [5.74, 6) is 0.710. The SMILES string of the molecule is CC(C)CNCC(C)(C)CN(C)Cc1ccccn1. The van der Waals surface area contributed by atoms with Crippen LogP contribution in [0.25, 0.3) is 0 Å². The molecule has 0 radical (unpaired) electrons. The van der Waals surface area contributed by atoms with Gasteiger partial charge in [0.15, 0.2) is 0 Å². The van der Waals surface area contributed by atoms with Crippen LogP contribution in [0.2, 0.25) is 0 Å². The summed E-state index contributed by atoms with van der Waals surface area (Å²) >= 11 is 0. The zero-order valence-corrected chi connectivity index (χ0v) is 13.1. The Morgan fingerprint density at radius 2 is 2.05 bits per heavy atom. The molecule has 0 amide bonds. The summed E-state index contributed by atoms with van der Waals surface area (Å²) in [6, 6.07) is 6.09. The highest BCUT2D eigenvalue weighted by atomic mass is 15.1. The fourth-order valence-corrected chi connectivity index (χ4v) is 2.31. The first-order valence-electron chi connectivity index (χ1n) is 7.18. The van der Waals surface area contributed by atoms with Crippen LogP contribution in [0.4, 0.5) is 0 Å². The third kappa shape index (κ3) is 7.28. The molecule has 0 aliphatic carbocycles. The normalized spacial score (nSPS) is 12.4. The third-order valence-corrected chi connectivity index (χ3v) is 3.01. The van der Waals surface area contributed by atoms with Crippen molar-refractivity contribution in [1.82, 2.24) is 15.2 Å². The van der Waals surface area contributed by atoms with Gasteiger partial charge in [0, 0.05) is 25.8 Å². The van der Waals surface area contributed by atoms with Crippen molar-refractivity contribution in [3.8, 4) is 0 Å². The maximum absolute atomic E-state index is 4.38. The second kappa shape index (κ2) is 7.61. The number of nitrogens with one attached hydrogen (secondary N) is 1. The van der Waals surface area contributed by atoms with Crippen LogP contribution < -0.4 is 5.32 Å². The van der Waals surface area contributed by atoms with E-state index in [-0.39, 0.29) is 5.41 Å². The van der Waals surface area contributed by atoms with E-state index in [1.807, 2.05) is 18.3 Å². The van der Waals surface area contributed by atoms with E-state index in [4.69, 9.17) is 0 Å². The molecule has 1 rings (SSSR count). The van der Waals surface area contributed by atoms with Crippen LogP contribution in [0, 0.1) is 11.3 Å². The van der Waals surface area contributed by atoms with Crippen LogP contribution in [0.5, 0.6) is 0 Å². The highest BCUT2D eigenvalue weighted by Crippen LogP contribution is 2.16. The van der Waals surface area contributed by atoms with Crippen LogP contribution >= 0.6 is 0 Å². The summed E-state index contributed by atoms with van der Waals surface area (Å²) in [5.41, 5.74) is 1.41. The molecule has 1 heterocycles. The zero-order chi connectivity index (χ0) is 14.3. The first-order chi connectivity index (χ1) is 8.89. The van der Waals surface area contributed by atoms with Crippen molar-refractivity contribution in [1.29, 1.82) is 0 Å². The van der Waals surface area contributed by atoms with Gasteiger partial charge in [-0.2, -0.15) is 0 Å². The highest BCUT2D eigenvalue weighted by molar-refractivity contribution is 5.03. The van der Waals surface area contributed by atoms with E-state index < -0.39 is 0 Å². The number of nitrogens with zero attached hydrogens (tertiary/aromatic N) is 2. The molecule has 1 N–H and O–H groups in total. The molecule has 1 aromatic heterocycles. The van der Waals surface area contributed by atoms with Gasteiger partial charge in [-0.25, -0.2) is 0 Å². The second-order valence-corrected chi connectivity index (χ2v) is 6.68. The van der Waals surface area contributed by atoms with Crippen molar-refractivity contribution >= 4 is 0 Å². The molecule has 3 nitrogen and oxygen atoms in total. The summed E-state index contributed by atoms with van der Waals surface area (Å²) in [5, 5.41) is 3.55. The largest absolute Gasteiger partial charge is 0.316 e. The minimum atomic E-state index is 0.276. The minimum absolute atomic E-state index is 0.276. The Hall–Kier alpha value is -0.930. The number of hydrogen-bond acceptors (Lipinski definition) is 3. The summed E-state index contributed by atoms with van der Waals surface area (Å²) in [6.07, 6.45) is 1.86. The summed E-state index contributed by atoms with van der Waals surface area (Å²) in [4.78, 5) is 6.72. The van der Waals surface area contributed by atoms with Gasteiger partial charge in [-0.3, -0.25) is 9.88 Å². The predicted molar refractivity (Wildman–Crippen MR) is 82.1 cm³/mol. The van der Waals surface area contributed by atoms with Crippen molar-refractivity contribution < 1.29 is 0 Å². The van der Waals surface area contributed by atoms with E-state index in [0.29, 0.717) is 5.92 Å². The Bertz CT molecular complexity index is 346. The van der Waals surface area contributed by atoms with Gasteiger partial charge in [0.2, 0.25) is 0 Å². The molecule has 0 unspecified atom stereocenters. The van der Waals surface area contributed by atoms with Crippen LogP contribution in [-0.2, 0) is 6.54 Å². The zero-order valence-electron chi connectivity index (χ0n) is 13.1. The van der Waals surface area contributed by atoms with Gasteiger partial charge in [-0.05, 0) is 37.1 Å². The number of hydrogen-bond donors (Lipinski definition) is 1. The molecule has 1 aromatic rings. The topological polar surface area (TPSA) is 28.2 Å². The molecule has 0 aliphatic heterocycles. The van der Waals surface area contributed by atoms with Crippen LogP contribution in [0.1, 0.15) is 33.4 Å². The van der Waals surface area contributed by atoms with Crippen molar-refractivity contribution in [3.05, 3.63) is 30.1 Å². The molecule has 0 spiro atoms. The van der Waals surface area contributed by atoms with Crippen molar-refractivity contribution in [2.75, 3.05) is 26.7 Å². The van der Waals surface area contributed by atoms with E-state index in [2.05, 4.69) is 56.0 Å². The van der Waals surface area contributed by atoms with E-state index in [1.165, 1.54) is 0 Å². The molecule has 0 aromatic carbocycles. The fraction of sp³-hybridized carbons (Fsp3) is 0.688. The second-order valence-electron chi connectivity index (χ2n) is 6.68. The van der Waals surface area contributed by atoms with Crippen LogP contribution in [0.15, 0.2) is 24.4 Å².